The van der Waals surface area contributed by atoms with Crippen molar-refractivity contribution >= 4 is 10.8 Å². The number of nitrogens with zero attached hydrogens (tertiary/aromatic N) is 1. The minimum Gasteiger partial charge on any atom is -0.393 e. The summed E-state index contributed by atoms with van der Waals surface area (Å²) in [7, 11) is 0. The molecule has 0 saturated heterocycles. The number of aromatic nitrogens is 1. The predicted octanol–water partition coefficient (Wildman–Crippen LogP) is 3.98. The SMILES string of the molecule is CC(O)CC(C)O.Fc1c[c-]c(-c2nccc3ccccc23)cc1.[Ir]. The Bertz CT molecular complexity index is 765. The smallest absolute Gasteiger partial charge is 0.0536 e. The molecule has 0 aliphatic heterocycles. The van der Waals surface area contributed by atoms with Crippen molar-refractivity contribution in [1.82, 2.24) is 4.98 Å². The molecule has 135 valence electrons. The number of pyridine rings is 1. The second kappa shape index (κ2) is 10.4. The van der Waals surface area contributed by atoms with Crippen LogP contribution in [0.3, 0.4) is 0 Å². The van der Waals surface area contributed by atoms with Crippen molar-refractivity contribution in [3.63, 3.8) is 0 Å². The van der Waals surface area contributed by atoms with Gasteiger partial charge in [-0.25, -0.2) is 0 Å². The van der Waals surface area contributed by atoms with Crippen LogP contribution >= 0.6 is 0 Å². The van der Waals surface area contributed by atoms with Crippen molar-refractivity contribution < 1.29 is 34.7 Å². The van der Waals surface area contributed by atoms with Gasteiger partial charge in [0.25, 0.3) is 0 Å². The number of aliphatic hydroxyl groups is 2. The van der Waals surface area contributed by atoms with Gasteiger partial charge in [0.05, 0.1) is 12.2 Å². The van der Waals surface area contributed by atoms with Crippen LogP contribution in [0.25, 0.3) is 22.0 Å². The van der Waals surface area contributed by atoms with E-state index in [1.165, 1.54) is 12.1 Å². The second-order valence-electron chi connectivity index (χ2n) is 5.74. The van der Waals surface area contributed by atoms with E-state index in [9.17, 15) is 4.39 Å². The van der Waals surface area contributed by atoms with E-state index in [1.807, 2.05) is 30.3 Å². The molecule has 5 heteroatoms. The van der Waals surface area contributed by atoms with Gasteiger partial charge in [0, 0.05) is 32.1 Å². The number of aliphatic hydroxyl groups excluding tert-OH is 2. The maximum Gasteiger partial charge on any atom is 0.0536 e. The summed E-state index contributed by atoms with van der Waals surface area (Å²) in [4.78, 5) is 4.35. The quantitative estimate of drug-likeness (QED) is 0.516. The van der Waals surface area contributed by atoms with E-state index in [4.69, 9.17) is 10.2 Å². The van der Waals surface area contributed by atoms with E-state index < -0.39 is 0 Å². The predicted molar refractivity (Wildman–Crippen MR) is 94.0 cm³/mol. The van der Waals surface area contributed by atoms with Gasteiger partial charge in [0.15, 0.2) is 0 Å². The first-order valence-electron chi connectivity index (χ1n) is 7.85. The molecule has 1 radical (unpaired) electrons. The van der Waals surface area contributed by atoms with Crippen LogP contribution in [0.4, 0.5) is 4.39 Å². The first kappa shape index (κ1) is 21.4. The van der Waals surface area contributed by atoms with E-state index in [0.717, 1.165) is 22.0 Å². The third-order valence-electron chi connectivity index (χ3n) is 3.39. The molecule has 0 aliphatic rings. The molecule has 0 aliphatic carbocycles. The molecule has 3 nitrogen and oxygen atoms in total. The maximum atomic E-state index is 12.9. The van der Waals surface area contributed by atoms with Crippen molar-refractivity contribution in [3.8, 4) is 11.3 Å². The van der Waals surface area contributed by atoms with Crippen molar-refractivity contribution in [1.29, 1.82) is 0 Å². The molecule has 25 heavy (non-hydrogen) atoms. The fourth-order valence-corrected chi connectivity index (χ4v) is 2.38. The summed E-state index contributed by atoms with van der Waals surface area (Å²) in [6, 6.07) is 17.3. The zero-order valence-corrected chi connectivity index (χ0v) is 16.5. The molecule has 2 N–H and O–H groups in total. The van der Waals surface area contributed by atoms with Gasteiger partial charge in [0.1, 0.15) is 0 Å². The van der Waals surface area contributed by atoms with Crippen molar-refractivity contribution in [2.75, 3.05) is 0 Å². The van der Waals surface area contributed by atoms with Crippen LogP contribution < -0.4 is 0 Å². The Kier molecular flexibility index (Phi) is 8.87. The Morgan fingerprint density at radius 3 is 2.28 bits per heavy atom. The summed E-state index contributed by atoms with van der Waals surface area (Å²) in [5.74, 6) is -0.283. The minimum absolute atomic E-state index is 0. The molecule has 0 fully saturated rings. The summed E-state index contributed by atoms with van der Waals surface area (Å²) in [5, 5.41) is 19.3. The summed E-state index contributed by atoms with van der Waals surface area (Å²) in [5.41, 5.74) is 1.64. The minimum atomic E-state index is -0.375. The number of benzene rings is 2. The summed E-state index contributed by atoms with van der Waals surface area (Å²) >= 11 is 0. The molecule has 2 unspecified atom stereocenters. The molecule has 2 atom stereocenters. The van der Waals surface area contributed by atoms with Gasteiger partial charge in [-0.3, -0.25) is 4.39 Å². The molecule has 1 aromatic heterocycles. The number of hydrogen-bond donors (Lipinski definition) is 2. The van der Waals surface area contributed by atoms with Gasteiger partial charge >= 0.3 is 0 Å². The van der Waals surface area contributed by atoms with Crippen LogP contribution in [0.5, 0.6) is 0 Å². The molecule has 3 rings (SSSR count). The normalized spacial score (nSPS) is 12.5. The topological polar surface area (TPSA) is 53.4 Å². The molecule has 2 aromatic carbocycles. The Morgan fingerprint density at radius 2 is 1.72 bits per heavy atom. The number of fused-ring (bicyclic) bond motifs is 1. The van der Waals surface area contributed by atoms with Crippen LogP contribution in [0.15, 0.2) is 54.7 Å². The number of hydrogen-bond acceptors (Lipinski definition) is 3. The van der Waals surface area contributed by atoms with Crippen LogP contribution in [0.1, 0.15) is 20.3 Å². The van der Waals surface area contributed by atoms with Crippen LogP contribution in [-0.2, 0) is 20.1 Å². The average molecular weight is 519 g/mol. The zero-order chi connectivity index (χ0) is 17.5. The first-order chi connectivity index (χ1) is 11.5. The summed E-state index contributed by atoms with van der Waals surface area (Å²) in [6.07, 6.45) is 1.48. The average Bonchev–Trinajstić information content (AvgIpc) is 2.54. The third kappa shape index (κ3) is 6.63. The van der Waals surface area contributed by atoms with Gasteiger partial charge in [0.2, 0.25) is 0 Å². The standard InChI is InChI=1S/C15H9FN.C5H12O2.Ir/c16-13-7-5-12(6-8-13)15-14-4-2-1-3-11(14)9-10-17-15;1-4(6)3-5(2)7;/h1-5,7-10H;4-7H,3H2,1-2H3;/q-1;;. The zero-order valence-electron chi connectivity index (χ0n) is 14.1. The molecular weight excluding hydrogens is 497 g/mol. The van der Waals surface area contributed by atoms with Crippen molar-refractivity contribution in [2.45, 2.75) is 32.5 Å². The molecule has 0 bridgehead atoms. The van der Waals surface area contributed by atoms with E-state index in [0.29, 0.717) is 6.42 Å². The molecule has 1 heterocycles. The van der Waals surface area contributed by atoms with Gasteiger partial charge in [-0.15, -0.1) is 29.8 Å². The van der Waals surface area contributed by atoms with E-state index in [2.05, 4.69) is 11.1 Å². The number of halogens is 1. The van der Waals surface area contributed by atoms with Gasteiger partial charge in [-0.2, -0.15) is 0 Å². The number of rotatable bonds is 3. The van der Waals surface area contributed by atoms with Crippen LogP contribution in [-0.4, -0.2) is 27.4 Å². The molecule has 0 saturated carbocycles. The van der Waals surface area contributed by atoms with Crippen molar-refractivity contribution in [3.05, 3.63) is 66.6 Å². The van der Waals surface area contributed by atoms with Gasteiger partial charge < -0.3 is 15.2 Å². The molecule has 0 amide bonds. The van der Waals surface area contributed by atoms with Crippen LogP contribution in [0.2, 0.25) is 0 Å². The van der Waals surface area contributed by atoms with Gasteiger partial charge in [-0.1, -0.05) is 24.3 Å². The Balaban J connectivity index is 0.000000339. The molecule has 0 spiro atoms. The first-order valence-corrected chi connectivity index (χ1v) is 7.85. The molecule has 3 aromatic rings. The van der Waals surface area contributed by atoms with E-state index in [1.54, 1.807) is 26.1 Å². The Labute approximate surface area is 160 Å². The fourth-order valence-electron chi connectivity index (χ4n) is 2.38. The monoisotopic (exact) mass is 519 g/mol. The summed E-state index contributed by atoms with van der Waals surface area (Å²) in [6.45, 7) is 3.32. The van der Waals surface area contributed by atoms with E-state index >= 15 is 0 Å². The summed E-state index contributed by atoms with van der Waals surface area (Å²) < 4.78 is 12.9. The third-order valence-corrected chi connectivity index (χ3v) is 3.39. The Hall–Kier alpha value is -1.65. The van der Waals surface area contributed by atoms with Crippen molar-refractivity contribution in [2.24, 2.45) is 0 Å². The maximum absolute atomic E-state index is 12.9. The Morgan fingerprint density at radius 1 is 1.04 bits per heavy atom. The largest absolute Gasteiger partial charge is 0.393 e. The van der Waals surface area contributed by atoms with Crippen LogP contribution in [0, 0.1) is 11.9 Å². The van der Waals surface area contributed by atoms with Gasteiger partial charge in [-0.05, 0) is 42.8 Å². The van der Waals surface area contributed by atoms with E-state index in [-0.39, 0.29) is 38.1 Å². The second-order valence-corrected chi connectivity index (χ2v) is 5.74. The molecular formula is C20H21FIrNO2-. The fraction of sp³-hybridized carbons (Fsp3) is 0.250.